The Balaban J connectivity index is 1.54. The molecule has 1 aliphatic heterocycles. The topological polar surface area (TPSA) is 89.2 Å². The molecule has 0 bridgehead atoms. The van der Waals surface area contributed by atoms with Crippen LogP contribution in [0.2, 0.25) is 0 Å². The van der Waals surface area contributed by atoms with Crippen LogP contribution in [0.1, 0.15) is 35.4 Å². The maximum absolute atomic E-state index is 12.2. The Morgan fingerprint density at radius 2 is 2.21 bits per heavy atom. The lowest BCUT2D eigenvalue weighted by atomic mass is 10.2. The number of benzene rings is 1. The highest BCUT2D eigenvalue weighted by molar-refractivity contribution is 9.10. The predicted molar refractivity (Wildman–Crippen MR) is 92.2 cm³/mol. The average Bonchev–Trinajstić information content (AvgIpc) is 2.90. The first-order valence-electron chi connectivity index (χ1n) is 7.99. The summed E-state index contributed by atoms with van der Waals surface area (Å²) in [5, 5.41) is 16.8. The quantitative estimate of drug-likeness (QED) is 0.754. The van der Waals surface area contributed by atoms with E-state index in [1.54, 1.807) is 16.7 Å². The molecule has 0 fully saturated rings. The highest BCUT2D eigenvalue weighted by atomic mass is 79.9. The third kappa shape index (κ3) is 3.53. The van der Waals surface area contributed by atoms with Crippen LogP contribution in [0.3, 0.4) is 0 Å². The van der Waals surface area contributed by atoms with Crippen LogP contribution in [-0.2, 0) is 19.5 Å². The highest BCUT2D eigenvalue weighted by Gasteiger charge is 2.16. The van der Waals surface area contributed by atoms with Crippen molar-refractivity contribution < 1.29 is 9.90 Å². The molecule has 1 aliphatic rings. The van der Waals surface area contributed by atoms with Crippen molar-refractivity contribution in [3.63, 3.8) is 0 Å². The number of aromatic hydroxyl groups is 1. The molecule has 128 valence electrons. The Morgan fingerprint density at radius 3 is 3.00 bits per heavy atom. The van der Waals surface area contributed by atoms with E-state index >= 15 is 0 Å². The number of fused-ring (bicyclic) bond motifs is 1. The van der Waals surface area contributed by atoms with Gasteiger partial charge in [0.1, 0.15) is 11.6 Å². The second kappa shape index (κ2) is 7.21. The maximum Gasteiger partial charge on any atom is 0.345 e. The highest BCUT2D eigenvalue weighted by Crippen LogP contribution is 2.21. The summed E-state index contributed by atoms with van der Waals surface area (Å²) in [7, 11) is 0. The van der Waals surface area contributed by atoms with E-state index in [0.717, 1.165) is 36.1 Å². The Kier molecular flexibility index (Phi) is 5.03. The zero-order valence-electron chi connectivity index (χ0n) is 13.2. The summed E-state index contributed by atoms with van der Waals surface area (Å²) in [6, 6.07) is 4.70. The Bertz CT molecular complexity index is 812. The van der Waals surface area contributed by atoms with Gasteiger partial charge in [-0.15, -0.1) is 0 Å². The normalized spacial score (nSPS) is 13.5. The number of amides is 1. The number of phenolic OH excluding ortho intramolecular Hbond substituents is 1. The average molecular weight is 395 g/mol. The Morgan fingerprint density at radius 1 is 1.38 bits per heavy atom. The van der Waals surface area contributed by atoms with Gasteiger partial charge < -0.3 is 10.4 Å². The van der Waals surface area contributed by atoms with Crippen LogP contribution < -0.4 is 11.0 Å². The molecule has 0 aliphatic carbocycles. The van der Waals surface area contributed by atoms with Crippen LogP contribution in [-0.4, -0.2) is 31.9 Å². The molecule has 1 amide bonds. The molecule has 2 heterocycles. The molecule has 2 N–H and O–H groups in total. The number of hydrogen-bond donors (Lipinski definition) is 2. The summed E-state index contributed by atoms with van der Waals surface area (Å²) < 4.78 is 3.94. The van der Waals surface area contributed by atoms with E-state index in [4.69, 9.17) is 0 Å². The first-order chi connectivity index (χ1) is 11.6. The molecule has 3 rings (SSSR count). The smallest absolute Gasteiger partial charge is 0.345 e. The minimum absolute atomic E-state index is 0.0614. The summed E-state index contributed by atoms with van der Waals surface area (Å²) >= 11 is 3.27. The first kappa shape index (κ1) is 16.8. The molecule has 7 nitrogen and oxygen atoms in total. The molecule has 0 saturated heterocycles. The third-order valence-electron chi connectivity index (χ3n) is 4.07. The van der Waals surface area contributed by atoms with Gasteiger partial charge in [-0.1, -0.05) is 15.9 Å². The van der Waals surface area contributed by atoms with Gasteiger partial charge in [0.25, 0.3) is 5.91 Å². The molecular weight excluding hydrogens is 376 g/mol. The van der Waals surface area contributed by atoms with Crippen molar-refractivity contribution in [1.29, 1.82) is 0 Å². The molecule has 2 aromatic rings. The predicted octanol–water partition coefficient (Wildman–Crippen LogP) is 1.67. The fraction of sp³-hybridized carbons (Fsp3) is 0.438. The van der Waals surface area contributed by atoms with Crippen LogP contribution in [0.4, 0.5) is 0 Å². The molecule has 8 heteroatoms. The number of nitrogens with one attached hydrogen (secondary N) is 1. The second-order valence-electron chi connectivity index (χ2n) is 5.80. The second-order valence-corrected chi connectivity index (χ2v) is 6.72. The lowest BCUT2D eigenvalue weighted by Crippen LogP contribution is -2.29. The van der Waals surface area contributed by atoms with Crippen molar-refractivity contribution in [3.05, 3.63) is 44.5 Å². The number of halogens is 1. The molecule has 0 spiro atoms. The fourth-order valence-corrected chi connectivity index (χ4v) is 3.17. The van der Waals surface area contributed by atoms with E-state index in [1.807, 2.05) is 0 Å². The lowest BCUT2D eigenvalue weighted by molar-refractivity contribution is 0.0950. The van der Waals surface area contributed by atoms with Crippen molar-refractivity contribution in [2.45, 2.75) is 38.8 Å². The van der Waals surface area contributed by atoms with Gasteiger partial charge in [0, 0.05) is 30.5 Å². The summed E-state index contributed by atoms with van der Waals surface area (Å²) in [5.41, 5.74) is 0.152. The Hall–Kier alpha value is -2.09. The molecule has 0 unspecified atom stereocenters. The minimum atomic E-state index is -0.342. The summed E-state index contributed by atoms with van der Waals surface area (Å²) in [6.07, 6.45) is 3.53. The number of aryl methyl sites for hydroxylation is 2. The number of carbonyl (C=O) groups is 1. The van der Waals surface area contributed by atoms with Gasteiger partial charge in [-0.25, -0.2) is 9.48 Å². The molecule has 0 atom stereocenters. The van der Waals surface area contributed by atoms with E-state index in [2.05, 4.69) is 26.3 Å². The van der Waals surface area contributed by atoms with E-state index < -0.39 is 0 Å². The van der Waals surface area contributed by atoms with Crippen LogP contribution in [0.5, 0.6) is 5.75 Å². The zero-order valence-corrected chi connectivity index (χ0v) is 14.8. The minimum Gasteiger partial charge on any atom is -0.507 e. The number of rotatable bonds is 5. The van der Waals surface area contributed by atoms with E-state index in [9.17, 15) is 14.7 Å². The van der Waals surface area contributed by atoms with Crippen molar-refractivity contribution in [2.24, 2.45) is 0 Å². The number of nitrogens with zero attached hydrogens (tertiary/aromatic N) is 3. The summed E-state index contributed by atoms with van der Waals surface area (Å²) in [6.45, 7) is 1.61. The van der Waals surface area contributed by atoms with Gasteiger partial charge in [0.15, 0.2) is 0 Å². The van der Waals surface area contributed by atoms with Gasteiger partial charge >= 0.3 is 5.69 Å². The van der Waals surface area contributed by atoms with Crippen LogP contribution in [0.15, 0.2) is 27.5 Å². The van der Waals surface area contributed by atoms with Crippen molar-refractivity contribution in [3.8, 4) is 5.75 Å². The zero-order chi connectivity index (χ0) is 17.1. The van der Waals surface area contributed by atoms with Crippen LogP contribution in [0, 0.1) is 0 Å². The lowest BCUT2D eigenvalue weighted by Gasteiger charge is -2.09. The molecule has 0 saturated carbocycles. The van der Waals surface area contributed by atoms with Crippen LogP contribution >= 0.6 is 15.9 Å². The number of hydrogen-bond acceptors (Lipinski definition) is 4. The number of phenols is 1. The first-order valence-corrected chi connectivity index (χ1v) is 8.79. The molecule has 24 heavy (non-hydrogen) atoms. The summed E-state index contributed by atoms with van der Waals surface area (Å²) in [5.74, 6) is 0.452. The fourth-order valence-electron chi connectivity index (χ4n) is 2.81. The maximum atomic E-state index is 12.2. The molecular formula is C16H19BrN4O3. The third-order valence-corrected chi connectivity index (χ3v) is 4.56. The van der Waals surface area contributed by atoms with Crippen molar-refractivity contribution in [2.75, 3.05) is 6.54 Å². The van der Waals surface area contributed by atoms with Gasteiger partial charge in [-0.2, -0.15) is 5.10 Å². The standard InChI is InChI=1S/C16H19BrN4O3/c17-11-5-6-13(22)12(10-11)15(23)18-7-3-9-21-16(24)20-8-2-1-4-14(20)19-21/h5-6,10,22H,1-4,7-9H2,(H,18,23). The molecule has 1 aromatic carbocycles. The monoisotopic (exact) mass is 394 g/mol. The largest absolute Gasteiger partial charge is 0.507 e. The van der Waals surface area contributed by atoms with Gasteiger partial charge in [-0.3, -0.25) is 9.36 Å². The van der Waals surface area contributed by atoms with E-state index in [0.29, 0.717) is 19.5 Å². The molecule has 1 aromatic heterocycles. The van der Waals surface area contributed by atoms with Gasteiger partial charge in [-0.05, 0) is 37.5 Å². The summed E-state index contributed by atoms with van der Waals surface area (Å²) in [4.78, 5) is 24.3. The van der Waals surface area contributed by atoms with E-state index in [1.165, 1.54) is 10.7 Å². The van der Waals surface area contributed by atoms with Crippen molar-refractivity contribution in [1.82, 2.24) is 19.7 Å². The number of aromatic nitrogens is 3. The van der Waals surface area contributed by atoms with Crippen molar-refractivity contribution >= 4 is 21.8 Å². The van der Waals surface area contributed by atoms with E-state index in [-0.39, 0.29) is 22.9 Å². The van der Waals surface area contributed by atoms with Gasteiger partial charge in [0.05, 0.1) is 5.56 Å². The van der Waals surface area contributed by atoms with Crippen LogP contribution in [0.25, 0.3) is 0 Å². The Labute approximate surface area is 147 Å². The molecule has 0 radical (unpaired) electrons. The van der Waals surface area contributed by atoms with Gasteiger partial charge in [0.2, 0.25) is 0 Å². The number of carbonyl (C=O) groups excluding carboxylic acids is 1. The SMILES string of the molecule is O=C(NCCCn1nc2n(c1=O)CCCC2)c1cc(Br)ccc1O.